The number of carbonyl (C=O) groups is 2. The lowest BCUT2D eigenvalue weighted by molar-refractivity contribution is -0.132. The van der Waals surface area contributed by atoms with Gasteiger partial charge in [-0.05, 0) is 48.2 Å². The number of rotatable bonds is 5. The molecule has 0 bridgehead atoms. The lowest BCUT2D eigenvalue weighted by Crippen LogP contribution is -2.36. The van der Waals surface area contributed by atoms with E-state index < -0.39 is 5.92 Å². The summed E-state index contributed by atoms with van der Waals surface area (Å²) in [5.74, 6) is -1.52. The second-order valence-corrected chi connectivity index (χ2v) is 6.20. The minimum absolute atomic E-state index is 0.231. The van der Waals surface area contributed by atoms with Gasteiger partial charge >= 0.3 is 0 Å². The Morgan fingerprint density at radius 3 is 2.40 bits per heavy atom. The van der Waals surface area contributed by atoms with Gasteiger partial charge in [0.05, 0.1) is 0 Å². The van der Waals surface area contributed by atoms with E-state index in [0.29, 0.717) is 25.2 Å². The predicted octanol–water partition coefficient (Wildman–Crippen LogP) is 3.06. The van der Waals surface area contributed by atoms with E-state index in [1.807, 2.05) is 24.3 Å². The van der Waals surface area contributed by atoms with Crippen LogP contribution in [0, 0.1) is 11.7 Å². The molecular weight excluding hydrogens is 319 g/mol. The zero-order chi connectivity index (χ0) is 17.8. The highest BCUT2D eigenvalue weighted by molar-refractivity contribution is 6.09. The van der Waals surface area contributed by atoms with Crippen LogP contribution in [0.1, 0.15) is 24.5 Å². The zero-order valence-corrected chi connectivity index (χ0v) is 14.2. The molecule has 1 aliphatic heterocycles. The van der Waals surface area contributed by atoms with Gasteiger partial charge in [-0.25, -0.2) is 4.39 Å². The minimum Gasteiger partial charge on any atom is -0.351 e. The highest BCUT2D eigenvalue weighted by Crippen LogP contribution is 2.25. The van der Waals surface area contributed by atoms with Crippen LogP contribution in [-0.4, -0.2) is 18.4 Å². The molecule has 4 nitrogen and oxygen atoms in total. The molecule has 130 valence electrons. The number of amides is 2. The number of nitrogens with zero attached hydrogens (tertiary/aromatic N) is 1. The maximum atomic E-state index is 13.0. The molecule has 3 rings (SSSR count). The molecule has 1 fully saturated rings. The molecule has 1 N–H and O–H groups in total. The van der Waals surface area contributed by atoms with Gasteiger partial charge in [-0.15, -0.1) is 0 Å². The summed E-state index contributed by atoms with van der Waals surface area (Å²) < 4.78 is 13.0. The molecule has 0 spiro atoms. The molecule has 1 atom stereocenters. The van der Waals surface area contributed by atoms with E-state index in [2.05, 4.69) is 12.2 Å². The van der Waals surface area contributed by atoms with Crippen LogP contribution >= 0.6 is 0 Å². The predicted molar refractivity (Wildman–Crippen MR) is 94.5 cm³/mol. The average Bonchev–Trinajstić information content (AvgIpc) is 3.02. The van der Waals surface area contributed by atoms with Gasteiger partial charge in [0, 0.05) is 18.8 Å². The number of hydrogen-bond donors (Lipinski definition) is 1. The summed E-state index contributed by atoms with van der Waals surface area (Å²) in [6.07, 6.45) is 1.44. The standard InChI is InChI=1S/C20H21FN2O2/c1-2-14-3-5-15(6-4-14)13-22-19(24)18-11-12-23(20(18)25)17-9-7-16(21)8-10-17/h3-10,18H,2,11-13H2,1H3,(H,22,24). The van der Waals surface area contributed by atoms with Gasteiger partial charge in [0.2, 0.25) is 11.8 Å². The Bertz CT molecular complexity index is 756. The Hall–Kier alpha value is -2.69. The van der Waals surface area contributed by atoms with Crippen molar-refractivity contribution in [3.8, 4) is 0 Å². The first-order valence-electron chi connectivity index (χ1n) is 8.51. The molecule has 2 aromatic rings. The Kier molecular flexibility index (Phi) is 5.12. The molecule has 1 saturated heterocycles. The summed E-state index contributed by atoms with van der Waals surface area (Å²) >= 11 is 0. The lowest BCUT2D eigenvalue weighted by atomic mass is 10.1. The van der Waals surface area contributed by atoms with Crippen LogP contribution in [0.5, 0.6) is 0 Å². The fourth-order valence-corrected chi connectivity index (χ4v) is 3.01. The van der Waals surface area contributed by atoms with Crippen molar-refractivity contribution >= 4 is 17.5 Å². The largest absolute Gasteiger partial charge is 0.351 e. The van der Waals surface area contributed by atoms with E-state index in [0.717, 1.165) is 12.0 Å². The average molecular weight is 340 g/mol. The van der Waals surface area contributed by atoms with Gasteiger partial charge in [0.25, 0.3) is 0 Å². The van der Waals surface area contributed by atoms with Gasteiger partial charge in [-0.3, -0.25) is 9.59 Å². The highest BCUT2D eigenvalue weighted by Gasteiger charge is 2.37. The van der Waals surface area contributed by atoms with Crippen LogP contribution in [0.15, 0.2) is 48.5 Å². The maximum Gasteiger partial charge on any atom is 0.239 e. The number of aryl methyl sites for hydroxylation is 1. The van der Waals surface area contributed by atoms with Gasteiger partial charge in [0.1, 0.15) is 11.7 Å². The number of carbonyl (C=O) groups excluding carboxylic acids is 2. The normalized spacial score (nSPS) is 17.0. The molecule has 0 radical (unpaired) electrons. The third-order valence-corrected chi connectivity index (χ3v) is 4.56. The topological polar surface area (TPSA) is 49.4 Å². The van der Waals surface area contributed by atoms with E-state index >= 15 is 0 Å². The van der Waals surface area contributed by atoms with E-state index in [1.165, 1.54) is 17.7 Å². The number of anilines is 1. The summed E-state index contributed by atoms with van der Waals surface area (Å²) in [5, 5.41) is 2.84. The second kappa shape index (κ2) is 7.47. The highest BCUT2D eigenvalue weighted by atomic mass is 19.1. The number of hydrogen-bond acceptors (Lipinski definition) is 2. The molecule has 2 amide bonds. The van der Waals surface area contributed by atoms with Crippen LogP contribution in [0.2, 0.25) is 0 Å². The van der Waals surface area contributed by atoms with E-state index in [9.17, 15) is 14.0 Å². The summed E-state index contributed by atoms with van der Waals surface area (Å²) in [7, 11) is 0. The molecule has 2 aromatic carbocycles. The van der Waals surface area contributed by atoms with Gasteiger partial charge in [-0.2, -0.15) is 0 Å². The van der Waals surface area contributed by atoms with Crippen molar-refractivity contribution in [3.63, 3.8) is 0 Å². The van der Waals surface area contributed by atoms with Crippen LogP contribution in [0.25, 0.3) is 0 Å². The number of halogens is 1. The maximum absolute atomic E-state index is 13.0. The monoisotopic (exact) mass is 340 g/mol. The molecule has 0 aliphatic carbocycles. The molecular formula is C20H21FN2O2. The smallest absolute Gasteiger partial charge is 0.239 e. The quantitative estimate of drug-likeness (QED) is 0.851. The van der Waals surface area contributed by atoms with Crippen LogP contribution < -0.4 is 10.2 Å². The van der Waals surface area contributed by atoms with E-state index in [1.54, 1.807) is 17.0 Å². The van der Waals surface area contributed by atoms with Crippen molar-refractivity contribution in [1.82, 2.24) is 5.32 Å². The van der Waals surface area contributed by atoms with Crippen molar-refractivity contribution in [1.29, 1.82) is 0 Å². The fourth-order valence-electron chi connectivity index (χ4n) is 3.01. The number of nitrogens with one attached hydrogen (secondary N) is 1. The Morgan fingerprint density at radius 1 is 1.12 bits per heavy atom. The Balaban J connectivity index is 1.59. The summed E-state index contributed by atoms with van der Waals surface area (Å²) in [6, 6.07) is 13.8. The molecule has 1 unspecified atom stereocenters. The fraction of sp³-hybridized carbons (Fsp3) is 0.300. The SMILES string of the molecule is CCc1ccc(CNC(=O)C2CCN(c3ccc(F)cc3)C2=O)cc1. The zero-order valence-electron chi connectivity index (χ0n) is 14.2. The minimum atomic E-state index is -0.681. The summed E-state index contributed by atoms with van der Waals surface area (Å²) in [5.41, 5.74) is 2.87. The first kappa shape index (κ1) is 17.1. The van der Waals surface area contributed by atoms with Crippen LogP contribution in [0.3, 0.4) is 0 Å². The molecule has 1 aliphatic rings. The van der Waals surface area contributed by atoms with Crippen molar-refractivity contribution in [2.45, 2.75) is 26.3 Å². The van der Waals surface area contributed by atoms with Crippen LogP contribution in [-0.2, 0) is 22.6 Å². The molecule has 5 heteroatoms. The third kappa shape index (κ3) is 3.87. The summed E-state index contributed by atoms with van der Waals surface area (Å²) in [6.45, 7) is 2.96. The lowest BCUT2D eigenvalue weighted by Gasteiger charge is -2.16. The van der Waals surface area contributed by atoms with Crippen LogP contribution in [0.4, 0.5) is 10.1 Å². The first-order chi connectivity index (χ1) is 12.1. The molecule has 1 heterocycles. The van der Waals surface area contributed by atoms with Crippen molar-refractivity contribution in [2.24, 2.45) is 5.92 Å². The summed E-state index contributed by atoms with van der Waals surface area (Å²) in [4.78, 5) is 26.4. The van der Waals surface area contributed by atoms with Gasteiger partial charge in [-0.1, -0.05) is 31.2 Å². The molecule has 25 heavy (non-hydrogen) atoms. The van der Waals surface area contributed by atoms with Crippen molar-refractivity contribution in [3.05, 3.63) is 65.5 Å². The second-order valence-electron chi connectivity index (χ2n) is 6.20. The Labute approximate surface area is 146 Å². The van der Waals surface area contributed by atoms with Gasteiger partial charge < -0.3 is 10.2 Å². The first-order valence-corrected chi connectivity index (χ1v) is 8.51. The Morgan fingerprint density at radius 2 is 1.76 bits per heavy atom. The molecule has 0 aromatic heterocycles. The third-order valence-electron chi connectivity index (χ3n) is 4.56. The van der Waals surface area contributed by atoms with Crippen molar-refractivity contribution < 1.29 is 14.0 Å². The van der Waals surface area contributed by atoms with Gasteiger partial charge in [0.15, 0.2) is 0 Å². The molecule has 0 saturated carbocycles. The number of benzene rings is 2. The van der Waals surface area contributed by atoms with Crippen molar-refractivity contribution in [2.75, 3.05) is 11.4 Å². The van der Waals surface area contributed by atoms with E-state index in [4.69, 9.17) is 0 Å². The van der Waals surface area contributed by atoms with E-state index in [-0.39, 0.29) is 17.6 Å².